The fourth-order valence-corrected chi connectivity index (χ4v) is 3.84. The first kappa shape index (κ1) is 19.9. The van der Waals surface area contributed by atoms with Crippen molar-refractivity contribution in [3.05, 3.63) is 71.4 Å². The molecule has 0 saturated carbocycles. The smallest absolute Gasteiger partial charge is 0.272 e. The summed E-state index contributed by atoms with van der Waals surface area (Å²) >= 11 is 0. The number of likely N-dealkylation sites (N-methyl/N-ethyl adjacent to an activating group) is 1. The molecule has 1 amide bonds. The molecule has 6 heteroatoms. The SMILES string of the molecule is Cc1ccc(-n2nc(C(=O)N[C@@H]3CCCN(C)C3)cc2-c2ccc(C#N)cc2)cc1. The maximum atomic E-state index is 13.0. The van der Waals surface area contributed by atoms with E-state index in [1.54, 1.807) is 16.8 Å². The van der Waals surface area contributed by atoms with E-state index < -0.39 is 0 Å². The van der Waals surface area contributed by atoms with Crippen LogP contribution in [0.1, 0.15) is 34.5 Å². The number of benzene rings is 2. The second kappa shape index (κ2) is 8.52. The topological polar surface area (TPSA) is 74.0 Å². The Labute approximate surface area is 176 Å². The maximum absolute atomic E-state index is 13.0. The minimum Gasteiger partial charge on any atom is -0.347 e. The molecule has 1 fully saturated rings. The molecule has 30 heavy (non-hydrogen) atoms. The Morgan fingerprint density at radius 3 is 2.57 bits per heavy atom. The maximum Gasteiger partial charge on any atom is 0.272 e. The summed E-state index contributed by atoms with van der Waals surface area (Å²) in [5.74, 6) is -0.156. The van der Waals surface area contributed by atoms with E-state index in [0.29, 0.717) is 11.3 Å². The molecule has 1 saturated heterocycles. The fourth-order valence-electron chi connectivity index (χ4n) is 3.84. The number of nitrogens with zero attached hydrogens (tertiary/aromatic N) is 4. The average Bonchev–Trinajstić information content (AvgIpc) is 3.20. The van der Waals surface area contributed by atoms with Crippen LogP contribution in [0.3, 0.4) is 0 Å². The van der Waals surface area contributed by atoms with Gasteiger partial charge in [0.05, 0.1) is 23.0 Å². The van der Waals surface area contributed by atoms with E-state index in [1.165, 1.54) is 0 Å². The highest BCUT2D eigenvalue weighted by Crippen LogP contribution is 2.25. The zero-order valence-electron chi connectivity index (χ0n) is 17.3. The van der Waals surface area contributed by atoms with Crippen LogP contribution < -0.4 is 5.32 Å². The number of carbonyl (C=O) groups is 1. The molecule has 4 rings (SSSR count). The summed E-state index contributed by atoms with van der Waals surface area (Å²) in [6, 6.07) is 19.5. The molecule has 1 aliphatic heterocycles. The number of aryl methyl sites for hydroxylation is 1. The summed E-state index contributed by atoms with van der Waals surface area (Å²) in [6.45, 7) is 3.96. The minimum atomic E-state index is -0.156. The number of aromatic nitrogens is 2. The van der Waals surface area contributed by atoms with E-state index in [9.17, 15) is 4.79 Å². The quantitative estimate of drug-likeness (QED) is 0.728. The molecular formula is C24H25N5O. The van der Waals surface area contributed by atoms with Gasteiger partial charge in [0.1, 0.15) is 0 Å². The lowest BCUT2D eigenvalue weighted by atomic mass is 10.1. The monoisotopic (exact) mass is 399 g/mol. The molecule has 0 unspecified atom stereocenters. The Bertz CT molecular complexity index is 1080. The predicted molar refractivity (Wildman–Crippen MR) is 116 cm³/mol. The summed E-state index contributed by atoms with van der Waals surface area (Å²) in [7, 11) is 2.08. The van der Waals surface area contributed by atoms with Crippen LogP contribution in [0.2, 0.25) is 0 Å². The molecular weight excluding hydrogens is 374 g/mol. The standard InChI is InChI=1S/C24H25N5O/c1-17-5-11-21(12-6-17)29-23(19-9-7-18(15-25)8-10-19)14-22(27-29)24(30)26-20-4-3-13-28(2)16-20/h5-12,14,20H,3-4,13,16H2,1-2H3,(H,26,30)/t20-/m1/s1. The van der Waals surface area contributed by atoms with Crippen LogP contribution in [0.4, 0.5) is 0 Å². The predicted octanol–water partition coefficient (Wildman–Crippen LogP) is 3.54. The average molecular weight is 399 g/mol. The van der Waals surface area contributed by atoms with Crippen LogP contribution in [-0.2, 0) is 0 Å². The van der Waals surface area contributed by atoms with Gasteiger partial charge in [-0.15, -0.1) is 0 Å². The molecule has 0 bridgehead atoms. The highest BCUT2D eigenvalue weighted by molar-refractivity contribution is 5.93. The van der Waals surface area contributed by atoms with Crippen LogP contribution in [0.5, 0.6) is 0 Å². The van der Waals surface area contributed by atoms with Crippen LogP contribution in [0, 0.1) is 18.3 Å². The Morgan fingerprint density at radius 2 is 1.90 bits per heavy atom. The molecule has 2 heterocycles. The third kappa shape index (κ3) is 4.27. The Hall–Kier alpha value is -3.43. The molecule has 3 aromatic rings. The fraction of sp³-hybridized carbons (Fsp3) is 0.292. The normalized spacial score (nSPS) is 16.8. The molecule has 0 radical (unpaired) electrons. The number of carbonyl (C=O) groups excluding carboxylic acids is 1. The van der Waals surface area contributed by atoms with E-state index in [4.69, 9.17) is 5.26 Å². The Balaban J connectivity index is 1.68. The summed E-state index contributed by atoms with van der Waals surface area (Å²) in [6.07, 6.45) is 2.06. The highest BCUT2D eigenvalue weighted by Gasteiger charge is 2.22. The number of nitrogens with one attached hydrogen (secondary N) is 1. The molecule has 1 N–H and O–H groups in total. The lowest BCUT2D eigenvalue weighted by Gasteiger charge is -2.29. The first-order valence-corrected chi connectivity index (χ1v) is 10.2. The van der Waals surface area contributed by atoms with Crippen molar-refractivity contribution in [2.24, 2.45) is 0 Å². The summed E-state index contributed by atoms with van der Waals surface area (Å²) in [5, 5.41) is 16.9. The Morgan fingerprint density at radius 1 is 1.17 bits per heavy atom. The van der Waals surface area contributed by atoms with Gasteiger partial charge in [-0.05, 0) is 63.7 Å². The molecule has 1 atom stereocenters. The second-order valence-electron chi connectivity index (χ2n) is 7.93. The van der Waals surface area contributed by atoms with Gasteiger partial charge in [0.25, 0.3) is 5.91 Å². The largest absolute Gasteiger partial charge is 0.347 e. The second-order valence-corrected chi connectivity index (χ2v) is 7.93. The molecule has 152 valence electrons. The number of likely N-dealkylation sites (tertiary alicyclic amines) is 1. The molecule has 6 nitrogen and oxygen atoms in total. The number of rotatable bonds is 4. The van der Waals surface area contributed by atoms with Crippen LogP contribution >= 0.6 is 0 Å². The van der Waals surface area contributed by atoms with Crippen LogP contribution in [0.15, 0.2) is 54.6 Å². The third-order valence-electron chi connectivity index (χ3n) is 5.49. The van der Waals surface area contributed by atoms with Crippen molar-refractivity contribution in [1.29, 1.82) is 5.26 Å². The molecule has 1 aromatic heterocycles. The molecule has 0 spiro atoms. The van der Waals surface area contributed by atoms with Gasteiger partial charge in [-0.25, -0.2) is 4.68 Å². The number of amides is 1. The van der Waals surface area contributed by atoms with E-state index in [2.05, 4.69) is 28.4 Å². The zero-order valence-corrected chi connectivity index (χ0v) is 17.3. The van der Waals surface area contributed by atoms with Gasteiger partial charge in [0.2, 0.25) is 0 Å². The number of nitriles is 1. The molecule has 0 aliphatic carbocycles. The zero-order chi connectivity index (χ0) is 21.1. The van der Waals surface area contributed by atoms with Gasteiger partial charge < -0.3 is 10.2 Å². The van der Waals surface area contributed by atoms with Crippen molar-refractivity contribution in [2.45, 2.75) is 25.8 Å². The van der Waals surface area contributed by atoms with Crippen molar-refractivity contribution in [1.82, 2.24) is 20.0 Å². The summed E-state index contributed by atoms with van der Waals surface area (Å²) in [5.41, 5.74) is 4.75. The van der Waals surface area contributed by atoms with Crippen molar-refractivity contribution >= 4 is 5.91 Å². The van der Waals surface area contributed by atoms with Crippen molar-refractivity contribution in [3.8, 4) is 23.0 Å². The lowest BCUT2D eigenvalue weighted by Crippen LogP contribution is -2.46. The third-order valence-corrected chi connectivity index (χ3v) is 5.49. The van der Waals surface area contributed by atoms with Gasteiger partial charge >= 0.3 is 0 Å². The van der Waals surface area contributed by atoms with E-state index in [-0.39, 0.29) is 11.9 Å². The number of piperidine rings is 1. The van der Waals surface area contributed by atoms with E-state index in [1.807, 2.05) is 49.4 Å². The van der Waals surface area contributed by atoms with Gasteiger partial charge in [-0.3, -0.25) is 4.79 Å². The summed E-state index contributed by atoms with van der Waals surface area (Å²) < 4.78 is 1.79. The van der Waals surface area contributed by atoms with Gasteiger partial charge in [0.15, 0.2) is 5.69 Å². The van der Waals surface area contributed by atoms with E-state index in [0.717, 1.165) is 48.4 Å². The molecule has 2 aromatic carbocycles. The minimum absolute atomic E-state index is 0.138. The highest BCUT2D eigenvalue weighted by atomic mass is 16.2. The van der Waals surface area contributed by atoms with Gasteiger partial charge in [-0.2, -0.15) is 10.4 Å². The van der Waals surface area contributed by atoms with Crippen LogP contribution in [-0.4, -0.2) is 46.8 Å². The van der Waals surface area contributed by atoms with Gasteiger partial charge in [-0.1, -0.05) is 29.8 Å². The lowest BCUT2D eigenvalue weighted by molar-refractivity contribution is 0.0907. The first-order valence-electron chi connectivity index (χ1n) is 10.2. The number of hydrogen-bond acceptors (Lipinski definition) is 4. The Kier molecular flexibility index (Phi) is 5.64. The van der Waals surface area contributed by atoms with Crippen LogP contribution in [0.25, 0.3) is 16.9 Å². The van der Waals surface area contributed by atoms with Crippen molar-refractivity contribution in [3.63, 3.8) is 0 Å². The van der Waals surface area contributed by atoms with Gasteiger partial charge in [0, 0.05) is 18.2 Å². The molecule has 1 aliphatic rings. The van der Waals surface area contributed by atoms with Crippen molar-refractivity contribution in [2.75, 3.05) is 20.1 Å². The van der Waals surface area contributed by atoms with Crippen molar-refractivity contribution < 1.29 is 4.79 Å². The first-order chi connectivity index (χ1) is 14.5. The van der Waals surface area contributed by atoms with E-state index >= 15 is 0 Å². The summed E-state index contributed by atoms with van der Waals surface area (Å²) in [4.78, 5) is 15.2. The number of hydrogen-bond donors (Lipinski definition) is 1.